The molecule has 5 heteroatoms. The third kappa shape index (κ3) is 3.69. The zero-order valence-corrected chi connectivity index (χ0v) is 11.0. The summed E-state index contributed by atoms with van der Waals surface area (Å²) in [7, 11) is 0. The van der Waals surface area contributed by atoms with Gasteiger partial charge < -0.3 is 10.6 Å². The topological polar surface area (TPSA) is 41.1 Å². The number of aryl methyl sites for hydroxylation is 1. The van der Waals surface area contributed by atoms with E-state index in [0.717, 1.165) is 5.56 Å². The number of anilines is 2. The monoisotopic (exact) mass is 278 g/mol. The summed E-state index contributed by atoms with van der Waals surface area (Å²) < 4.78 is 13.1. The van der Waals surface area contributed by atoms with E-state index in [9.17, 15) is 9.18 Å². The first-order valence-corrected chi connectivity index (χ1v) is 6.02. The number of hydrogen-bond donors (Lipinski definition) is 2. The van der Waals surface area contributed by atoms with Crippen LogP contribution < -0.4 is 10.6 Å². The molecule has 2 aromatic rings. The van der Waals surface area contributed by atoms with Gasteiger partial charge in [-0.15, -0.1) is 0 Å². The number of halogens is 2. The molecule has 3 nitrogen and oxygen atoms in total. The summed E-state index contributed by atoms with van der Waals surface area (Å²) in [5.41, 5.74) is 1.83. The number of benzene rings is 2. The lowest BCUT2D eigenvalue weighted by Crippen LogP contribution is -2.20. The van der Waals surface area contributed by atoms with Gasteiger partial charge in [-0.25, -0.2) is 9.18 Å². The van der Waals surface area contributed by atoms with E-state index < -0.39 is 11.8 Å². The maximum atomic E-state index is 13.1. The third-order valence-electron chi connectivity index (χ3n) is 2.55. The first-order valence-electron chi connectivity index (χ1n) is 5.64. The van der Waals surface area contributed by atoms with E-state index in [4.69, 9.17) is 11.6 Å². The smallest absolute Gasteiger partial charge is 0.308 e. The number of urea groups is 1. The average Bonchev–Trinajstić information content (AvgIpc) is 2.37. The normalized spacial score (nSPS) is 10.1. The van der Waals surface area contributed by atoms with Crippen LogP contribution in [0.4, 0.5) is 20.6 Å². The second-order valence-electron chi connectivity index (χ2n) is 4.05. The van der Waals surface area contributed by atoms with E-state index in [1.807, 2.05) is 0 Å². The van der Waals surface area contributed by atoms with Gasteiger partial charge in [0.1, 0.15) is 5.82 Å². The molecule has 2 rings (SSSR count). The minimum absolute atomic E-state index is 0.396. The number of rotatable bonds is 2. The highest BCUT2D eigenvalue weighted by Crippen LogP contribution is 2.17. The van der Waals surface area contributed by atoms with Gasteiger partial charge in [-0.2, -0.15) is 0 Å². The molecule has 0 aliphatic heterocycles. The Bertz CT molecular complexity index is 599. The summed E-state index contributed by atoms with van der Waals surface area (Å²) in [5.74, 6) is -0.396. The Morgan fingerprint density at radius 1 is 1.11 bits per heavy atom. The van der Waals surface area contributed by atoms with Crippen molar-refractivity contribution in [3.05, 3.63) is 58.9 Å². The Morgan fingerprint density at radius 2 is 1.79 bits per heavy atom. The highest BCUT2D eigenvalue weighted by Gasteiger charge is 2.06. The van der Waals surface area contributed by atoms with Gasteiger partial charge >= 0.3 is 6.03 Å². The second-order valence-corrected chi connectivity index (χ2v) is 4.48. The fraction of sp³-hybridized carbons (Fsp3) is 0.0714. The lowest BCUT2D eigenvalue weighted by Gasteiger charge is -2.10. The van der Waals surface area contributed by atoms with E-state index in [2.05, 4.69) is 10.6 Å². The standard InChI is InChI=1S/C14H12ClFN2O/c1-9-2-5-11(16)8-13(9)18-14(19)17-12-6-3-10(15)4-7-12/h2-8H,1H3,(H2,17,18,19). The number of nitrogens with one attached hydrogen (secondary N) is 2. The van der Waals surface area contributed by atoms with Crippen molar-refractivity contribution >= 4 is 29.0 Å². The van der Waals surface area contributed by atoms with Crippen LogP contribution in [-0.2, 0) is 0 Å². The molecule has 19 heavy (non-hydrogen) atoms. The molecule has 0 aliphatic carbocycles. The van der Waals surface area contributed by atoms with Gasteiger partial charge in [0.05, 0.1) is 0 Å². The van der Waals surface area contributed by atoms with Crippen LogP contribution in [0.15, 0.2) is 42.5 Å². The maximum absolute atomic E-state index is 13.1. The fourth-order valence-electron chi connectivity index (χ4n) is 1.55. The van der Waals surface area contributed by atoms with Gasteiger partial charge in [-0.3, -0.25) is 0 Å². The van der Waals surface area contributed by atoms with Crippen molar-refractivity contribution < 1.29 is 9.18 Å². The summed E-state index contributed by atoms with van der Waals surface area (Å²) in [6.07, 6.45) is 0. The van der Waals surface area contributed by atoms with E-state index in [0.29, 0.717) is 16.4 Å². The molecule has 2 N–H and O–H groups in total. The molecule has 0 fully saturated rings. The van der Waals surface area contributed by atoms with Crippen molar-refractivity contribution in [3.8, 4) is 0 Å². The van der Waals surface area contributed by atoms with Crippen LogP contribution in [0, 0.1) is 12.7 Å². The zero-order chi connectivity index (χ0) is 13.8. The maximum Gasteiger partial charge on any atom is 0.323 e. The molecule has 0 radical (unpaired) electrons. The quantitative estimate of drug-likeness (QED) is 0.838. The predicted molar refractivity (Wildman–Crippen MR) is 75.2 cm³/mol. The summed E-state index contributed by atoms with van der Waals surface area (Å²) in [4.78, 5) is 11.8. The van der Waals surface area contributed by atoms with Crippen LogP contribution >= 0.6 is 11.6 Å². The number of hydrogen-bond acceptors (Lipinski definition) is 1. The summed E-state index contributed by atoms with van der Waals surface area (Å²) >= 11 is 5.75. The minimum Gasteiger partial charge on any atom is -0.308 e. The Hall–Kier alpha value is -2.07. The molecule has 2 aromatic carbocycles. The van der Waals surface area contributed by atoms with Crippen molar-refractivity contribution in [2.24, 2.45) is 0 Å². The SMILES string of the molecule is Cc1ccc(F)cc1NC(=O)Nc1ccc(Cl)cc1. The van der Waals surface area contributed by atoms with Gasteiger partial charge in [-0.05, 0) is 48.9 Å². The molecule has 0 atom stereocenters. The van der Waals surface area contributed by atoms with Crippen molar-refractivity contribution in [2.75, 3.05) is 10.6 Å². The van der Waals surface area contributed by atoms with Gasteiger partial charge in [0, 0.05) is 16.4 Å². The molecular weight excluding hydrogens is 267 g/mol. The summed E-state index contributed by atoms with van der Waals surface area (Å²) in [6, 6.07) is 10.5. The van der Waals surface area contributed by atoms with Crippen LogP contribution in [0.2, 0.25) is 5.02 Å². The molecule has 0 saturated carbocycles. The number of amides is 2. The second kappa shape index (κ2) is 5.71. The largest absolute Gasteiger partial charge is 0.323 e. The highest BCUT2D eigenvalue weighted by atomic mass is 35.5. The molecule has 0 saturated heterocycles. The molecule has 0 spiro atoms. The molecule has 0 bridgehead atoms. The minimum atomic E-state index is -0.434. The molecular formula is C14H12ClFN2O. The average molecular weight is 279 g/mol. The summed E-state index contributed by atoms with van der Waals surface area (Å²) in [6.45, 7) is 1.79. The molecule has 0 heterocycles. The van der Waals surface area contributed by atoms with E-state index >= 15 is 0 Å². The van der Waals surface area contributed by atoms with Crippen molar-refractivity contribution in [1.29, 1.82) is 0 Å². The Morgan fingerprint density at radius 3 is 2.47 bits per heavy atom. The van der Waals surface area contributed by atoms with Gasteiger partial charge in [-0.1, -0.05) is 17.7 Å². The van der Waals surface area contributed by atoms with Crippen molar-refractivity contribution in [2.45, 2.75) is 6.92 Å². The van der Waals surface area contributed by atoms with E-state index in [1.165, 1.54) is 12.1 Å². The molecule has 98 valence electrons. The Labute approximate surface area is 115 Å². The van der Waals surface area contributed by atoms with Gasteiger partial charge in [0.25, 0.3) is 0 Å². The number of carbonyl (C=O) groups excluding carboxylic acids is 1. The number of carbonyl (C=O) groups is 1. The Balaban J connectivity index is 2.05. The first kappa shape index (κ1) is 13.4. The van der Waals surface area contributed by atoms with Crippen LogP contribution in [0.3, 0.4) is 0 Å². The van der Waals surface area contributed by atoms with Crippen LogP contribution in [0.1, 0.15) is 5.56 Å². The lowest BCUT2D eigenvalue weighted by molar-refractivity contribution is 0.262. The van der Waals surface area contributed by atoms with Crippen LogP contribution in [0.25, 0.3) is 0 Å². The third-order valence-corrected chi connectivity index (χ3v) is 2.80. The fourth-order valence-corrected chi connectivity index (χ4v) is 1.67. The zero-order valence-electron chi connectivity index (χ0n) is 10.2. The first-order chi connectivity index (χ1) is 9.04. The molecule has 0 aliphatic rings. The van der Waals surface area contributed by atoms with Crippen molar-refractivity contribution in [1.82, 2.24) is 0 Å². The van der Waals surface area contributed by atoms with E-state index in [1.54, 1.807) is 37.3 Å². The van der Waals surface area contributed by atoms with Gasteiger partial charge in [0.2, 0.25) is 0 Å². The predicted octanol–water partition coefficient (Wildman–Crippen LogP) is 4.43. The van der Waals surface area contributed by atoms with Crippen LogP contribution in [-0.4, -0.2) is 6.03 Å². The lowest BCUT2D eigenvalue weighted by atomic mass is 10.2. The van der Waals surface area contributed by atoms with Crippen LogP contribution in [0.5, 0.6) is 0 Å². The molecule has 2 amide bonds. The highest BCUT2D eigenvalue weighted by molar-refractivity contribution is 6.30. The summed E-state index contributed by atoms with van der Waals surface area (Å²) in [5, 5.41) is 5.81. The van der Waals surface area contributed by atoms with Crippen molar-refractivity contribution in [3.63, 3.8) is 0 Å². The van der Waals surface area contributed by atoms with Gasteiger partial charge in [0.15, 0.2) is 0 Å². The molecule has 0 aromatic heterocycles. The Kier molecular flexibility index (Phi) is 4.02. The molecule has 0 unspecified atom stereocenters. The van der Waals surface area contributed by atoms with E-state index in [-0.39, 0.29) is 0 Å².